The van der Waals surface area contributed by atoms with Crippen molar-refractivity contribution in [1.82, 2.24) is 4.72 Å². The number of amides is 1. The van der Waals surface area contributed by atoms with Crippen LogP contribution in [0.3, 0.4) is 0 Å². The first-order valence-corrected chi connectivity index (χ1v) is 9.63. The summed E-state index contributed by atoms with van der Waals surface area (Å²) in [6, 6.07) is 15.3. The van der Waals surface area contributed by atoms with Crippen molar-refractivity contribution < 1.29 is 17.9 Å². The molecule has 0 bridgehead atoms. The van der Waals surface area contributed by atoms with Crippen LogP contribution in [-0.4, -0.2) is 34.0 Å². The number of methoxy groups -OCH3 is 1. The third kappa shape index (κ3) is 4.18. The normalized spacial score (nSPS) is 17.7. The van der Waals surface area contributed by atoms with Crippen LogP contribution in [0.4, 0.5) is 5.69 Å². The molecule has 1 saturated heterocycles. The van der Waals surface area contributed by atoms with Gasteiger partial charge in [-0.1, -0.05) is 30.3 Å². The van der Waals surface area contributed by atoms with Gasteiger partial charge in [0.25, 0.3) is 0 Å². The average molecular weight is 360 g/mol. The molecule has 3 rings (SSSR count). The SMILES string of the molecule is COc1ccc(N2CCC(NS(=O)(=O)Cc3ccccc3)C2=O)cc1. The lowest BCUT2D eigenvalue weighted by Gasteiger charge is -2.17. The molecule has 7 heteroatoms. The first kappa shape index (κ1) is 17.4. The minimum atomic E-state index is -3.58. The molecule has 25 heavy (non-hydrogen) atoms. The van der Waals surface area contributed by atoms with Crippen molar-refractivity contribution in [2.24, 2.45) is 0 Å². The summed E-state index contributed by atoms with van der Waals surface area (Å²) < 4.78 is 32.3. The Morgan fingerprint density at radius 3 is 2.44 bits per heavy atom. The van der Waals surface area contributed by atoms with Crippen molar-refractivity contribution in [3.05, 3.63) is 60.2 Å². The van der Waals surface area contributed by atoms with Gasteiger partial charge in [-0.05, 0) is 36.2 Å². The van der Waals surface area contributed by atoms with Gasteiger partial charge in [-0.15, -0.1) is 0 Å². The number of anilines is 1. The highest BCUT2D eigenvalue weighted by atomic mass is 32.2. The molecule has 0 aromatic heterocycles. The number of hydrogen-bond donors (Lipinski definition) is 1. The first-order valence-electron chi connectivity index (χ1n) is 7.98. The van der Waals surface area contributed by atoms with E-state index in [1.807, 2.05) is 6.07 Å². The van der Waals surface area contributed by atoms with Crippen LogP contribution < -0.4 is 14.4 Å². The lowest BCUT2D eigenvalue weighted by molar-refractivity contribution is -0.118. The van der Waals surface area contributed by atoms with E-state index in [1.54, 1.807) is 60.5 Å². The zero-order valence-corrected chi connectivity index (χ0v) is 14.7. The van der Waals surface area contributed by atoms with E-state index in [0.717, 1.165) is 5.69 Å². The standard InChI is InChI=1S/C18H20N2O4S/c1-24-16-9-7-15(8-10-16)20-12-11-17(18(20)21)19-25(22,23)13-14-5-3-2-4-6-14/h2-10,17,19H,11-13H2,1H3. The predicted molar refractivity (Wildman–Crippen MR) is 96.0 cm³/mol. The van der Waals surface area contributed by atoms with E-state index in [1.165, 1.54) is 0 Å². The summed E-state index contributed by atoms with van der Waals surface area (Å²) in [5, 5.41) is 0. The Balaban J connectivity index is 1.67. The second kappa shape index (κ2) is 7.25. The second-order valence-electron chi connectivity index (χ2n) is 5.89. The number of rotatable bonds is 6. The Bertz CT molecular complexity index is 835. The second-order valence-corrected chi connectivity index (χ2v) is 7.65. The van der Waals surface area contributed by atoms with Crippen LogP contribution in [0.15, 0.2) is 54.6 Å². The molecule has 1 fully saturated rings. The van der Waals surface area contributed by atoms with E-state index < -0.39 is 16.1 Å². The van der Waals surface area contributed by atoms with Gasteiger partial charge >= 0.3 is 0 Å². The summed E-state index contributed by atoms with van der Waals surface area (Å²) >= 11 is 0. The first-order chi connectivity index (χ1) is 12.0. The van der Waals surface area contributed by atoms with Crippen molar-refractivity contribution in [2.45, 2.75) is 18.2 Å². The molecule has 1 aliphatic heterocycles. The fraction of sp³-hybridized carbons (Fsp3) is 0.278. The monoisotopic (exact) mass is 360 g/mol. The van der Waals surface area contributed by atoms with Gasteiger partial charge in [0, 0.05) is 12.2 Å². The molecule has 132 valence electrons. The van der Waals surface area contributed by atoms with Gasteiger partial charge < -0.3 is 9.64 Å². The molecule has 0 spiro atoms. The molecule has 6 nitrogen and oxygen atoms in total. The smallest absolute Gasteiger partial charge is 0.245 e. The van der Waals surface area contributed by atoms with Gasteiger partial charge in [0.2, 0.25) is 15.9 Å². The van der Waals surface area contributed by atoms with E-state index in [-0.39, 0.29) is 11.7 Å². The van der Waals surface area contributed by atoms with Crippen LogP contribution in [-0.2, 0) is 20.6 Å². The number of nitrogens with one attached hydrogen (secondary N) is 1. The van der Waals surface area contributed by atoms with Crippen molar-refractivity contribution in [1.29, 1.82) is 0 Å². The number of hydrogen-bond acceptors (Lipinski definition) is 4. The maximum Gasteiger partial charge on any atom is 0.245 e. The highest BCUT2D eigenvalue weighted by Gasteiger charge is 2.35. The number of carbonyl (C=O) groups excluding carboxylic acids is 1. The van der Waals surface area contributed by atoms with Gasteiger partial charge in [-0.2, -0.15) is 0 Å². The summed E-state index contributed by atoms with van der Waals surface area (Å²) in [7, 11) is -2.01. The molecular formula is C18H20N2O4S. The quantitative estimate of drug-likeness (QED) is 0.854. The van der Waals surface area contributed by atoms with Gasteiger partial charge in [0.05, 0.1) is 12.9 Å². The van der Waals surface area contributed by atoms with Crippen molar-refractivity contribution in [3.63, 3.8) is 0 Å². The molecule has 1 N–H and O–H groups in total. The Morgan fingerprint density at radius 1 is 1.12 bits per heavy atom. The van der Waals surface area contributed by atoms with E-state index >= 15 is 0 Å². The van der Waals surface area contributed by atoms with Gasteiger partial charge in [0.1, 0.15) is 11.8 Å². The fourth-order valence-corrected chi connectivity index (χ4v) is 4.23. The molecule has 1 atom stereocenters. The number of ether oxygens (including phenoxy) is 1. The molecule has 2 aromatic rings. The third-order valence-electron chi connectivity index (χ3n) is 4.11. The minimum Gasteiger partial charge on any atom is -0.497 e. The lowest BCUT2D eigenvalue weighted by atomic mass is 10.2. The largest absolute Gasteiger partial charge is 0.497 e. The molecule has 1 aliphatic rings. The summed E-state index contributed by atoms with van der Waals surface area (Å²) in [5.41, 5.74) is 1.42. The zero-order chi connectivity index (χ0) is 17.9. The topological polar surface area (TPSA) is 75.7 Å². The van der Waals surface area contributed by atoms with Crippen LogP contribution >= 0.6 is 0 Å². The third-order valence-corrected chi connectivity index (χ3v) is 5.47. The summed E-state index contributed by atoms with van der Waals surface area (Å²) in [6.45, 7) is 0.476. The Kier molecular flexibility index (Phi) is 5.06. The highest BCUT2D eigenvalue weighted by molar-refractivity contribution is 7.88. The molecule has 1 heterocycles. The zero-order valence-electron chi connectivity index (χ0n) is 13.9. The Morgan fingerprint density at radius 2 is 1.80 bits per heavy atom. The summed E-state index contributed by atoms with van der Waals surface area (Å²) in [4.78, 5) is 14.2. The van der Waals surface area contributed by atoms with Gasteiger partial charge in [0.15, 0.2) is 0 Å². The van der Waals surface area contributed by atoms with Crippen molar-refractivity contribution in [3.8, 4) is 5.75 Å². The highest BCUT2D eigenvalue weighted by Crippen LogP contribution is 2.24. The van der Waals surface area contributed by atoms with Crippen LogP contribution in [0.5, 0.6) is 5.75 Å². The maximum absolute atomic E-state index is 12.6. The Labute approximate surface area is 147 Å². The average Bonchev–Trinajstić information content (AvgIpc) is 2.95. The molecular weight excluding hydrogens is 340 g/mol. The van der Waals surface area contributed by atoms with E-state index in [4.69, 9.17) is 4.74 Å². The van der Waals surface area contributed by atoms with Crippen molar-refractivity contribution in [2.75, 3.05) is 18.6 Å². The Hall–Kier alpha value is -2.38. The van der Waals surface area contributed by atoms with E-state index in [0.29, 0.717) is 24.3 Å². The summed E-state index contributed by atoms with van der Waals surface area (Å²) in [6.07, 6.45) is 0.443. The predicted octanol–water partition coefficient (Wildman–Crippen LogP) is 1.92. The van der Waals surface area contributed by atoms with Gasteiger partial charge in [-0.3, -0.25) is 4.79 Å². The number of benzene rings is 2. The van der Waals surface area contributed by atoms with Crippen LogP contribution in [0.1, 0.15) is 12.0 Å². The number of sulfonamides is 1. The summed E-state index contributed by atoms with van der Waals surface area (Å²) in [5.74, 6) is 0.331. The van der Waals surface area contributed by atoms with E-state index in [9.17, 15) is 13.2 Å². The van der Waals surface area contributed by atoms with Crippen molar-refractivity contribution >= 4 is 21.6 Å². The molecule has 1 amide bonds. The van der Waals surface area contributed by atoms with Crippen LogP contribution in [0.2, 0.25) is 0 Å². The number of carbonyl (C=O) groups is 1. The molecule has 2 aromatic carbocycles. The lowest BCUT2D eigenvalue weighted by Crippen LogP contribution is -2.41. The van der Waals surface area contributed by atoms with Gasteiger partial charge in [-0.25, -0.2) is 13.1 Å². The molecule has 1 unspecified atom stereocenters. The maximum atomic E-state index is 12.6. The fourth-order valence-electron chi connectivity index (χ4n) is 2.86. The molecule has 0 saturated carbocycles. The van der Waals surface area contributed by atoms with Crippen LogP contribution in [0.25, 0.3) is 0 Å². The van der Waals surface area contributed by atoms with Crippen LogP contribution in [0, 0.1) is 0 Å². The molecule has 0 radical (unpaired) electrons. The minimum absolute atomic E-state index is 0.139. The molecule has 0 aliphatic carbocycles. The number of nitrogens with zero attached hydrogens (tertiary/aromatic N) is 1. The van der Waals surface area contributed by atoms with E-state index in [2.05, 4.69) is 4.72 Å².